The van der Waals surface area contributed by atoms with Gasteiger partial charge in [0.2, 0.25) is 0 Å². The van der Waals surface area contributed by atoms with Gasteiger partial charge in [0.15, 0.2) is 5.82 Å². The molecule has 0 spiro atoms. The number of nitrogens with zero attached hydrogens (tertiary/aromatic N) is 3. The summed E-state index contributed by atoms with van der Waals surface area (Å²) < 4.78 is 5.76. The average Bonchev–Trinajstić information content (AvgIpc) is 2.38. The molecule has 4 nitrogen and oxygen atoms in total. The van der Waals surface area contributed by atoms with E-state index in [-0.39, 0.29) is 6.10 Å². The van der Waals surface area contributed by atoms with Gasteiger partial charge in [0.05, 0.1) is 12.3 Å². The number of ether oxygens (including phenoxy) is 1. The lowest BCUT2D eigenvalue weighted by Crippen LogP contribution is -2.36. The summed E-state index contributed by atoms with van der Waals surface area (Å²) in [6, 6.07) is 0. The molecule has 18 heavy (non-hydrogen) atoms. The van der Waals surface area contributed by atoms with Gasteiger partial charge in [-0.2, -0.15) is 0 Å². The van der Waals surface area contributed by atoms with Crippen LogP contribution in [0.3, 0.4) is 0 Å². The summed E-state index contributed by atoms with van der Waals surface area (Å²) in [5, 5.41) is 0.798. The van der Waals surface area contributed by atoms with Crippen LogP contribution in [0.2, 0.25) is 0 Å². The van der Waals surface area contributed by atoms with Gasteiger partial charge in [-0.1, -0.05) is 29.8 Å². The third-order valence-corrected chi connectivity index (χ3v) is 3.77. The van der Waals surface area contributed by atoms with Crippen molar-refractivity contribution >= 4 is 15.9 Å². The first-order chi connectivity index (χ1) is 8.61. The third kappa shape index (κ3) is 3.08. The molecular weight excluding hydrogens is 294 g/mol. The molecule has 1 aromatic heterocycles. The summed E-state index contributed by atoms with van der Waals surface area (Å²) >= 11 is 3.49. The van der Waals surface area contributed by atoms with Crippen LogP contribution in [0.15, 0.2) is 6.20 Å². The van der Waals surface area contributed by atoms with Gasteiger partial charge in [0.1, 0.15) is 6.10 Å². The zero-order valence-corrected chi connectivity index (χ0v) is 12.8. The van der Waals surface area contributed by atoms with Crippen molar-refractivity contribution in [2.24, 2.45) is 0 Å². The second kappa shape index (κ2) is 6.08. The number of alkyl halides is 1. The van der Waals surface area contributed by atoms with E-state index in [1.165, 1.54) is 0 Å². The summed E-state index contributed by atoms with van der Waals surface area (Å²) in [5.74, 6) is 1.22. The van der Waals surface area contributed by atoms with E-state index in [0.717, 1.165) is 42.1 Å². The fraction of sp³-hybridized carbons (Fsp3) is 0.692. The molecular formula is C13H20BrN3O. The standard InChI is InChI=1S/C13H20BrN3O/c1-9(2)12-10(6-14)7-15-13(16-12)11-8-17(3)4-5-18-11/h7,9,11H,4-6,8H2,1-3H3. The smallest absolute Gasteiger partial charge is 0.158 e. The summed E-state index contributed by atoms with van der Waals surface area (Å²) in [6.45, 7) is 6.91. The average molecular weight is 314 g/mol. The highest BCUT2D eigenvalue weighted by atomic mass is 79.9. The summed E-state index contributed by atoms with van der Waals surface area (Å²) in [4.78, 5) is 11.4. The van der Waals surface area contributed by atoms with Crippen LogP contribution in [0.4, 0.5) is 0 Å². The van der Waals surface area contributed by atoms with E-state index in [4.69, 9.17) is 9.72 Å². The van der Waals surface area contributed by atoms with Gasteiger partial charge in [-0.05, 0) is 13.0 Å². The van der Waals surface area contributed by atoms with Crippen molar-refractivity contribution in [2.45, 2.75) is 31.2 Å². The molecule has 0 radical (unpaired) electrons. The molecule has 0 N–H and O–H groups in total. The molecule has 1 saturated heterocycles. The van der Waals surface area contributed by atoms with Crippen molar-refractivity contribution in [3.63, 3.8) is 0 Å². The molecule has 0 saturated carbocycles. The minimum absolute atomic E-state index is 0.00521. The predicted molar refractivity (Wildman–Crippen MR) is 74.9 cm³/mol. The number of likely N-dealkylation sites (N-methyl/N-ethyl adjacent to an activating group) is 1. The Morgan fingerprint density at radius 2 is 2.33 bits per heavy atom. The lowest BCUT2D eigenvalue weighted by molar-refractivity contribution is -0.0256. The third-order valence-electron chi connectivity index (χ3n) is 3.17. The largest absolute Gasteiger partial charge is 0.368 e. The van der Waals surface area contributed by atoms with Crippen LogP contribution in [0.1, 0.15) is 43.0 Å². The quantitative estimate of drug-likeness (QED) is 0.804. The van der Waals surface area contributed by atoms with Crippen molar-refractivity contribution in [3.8, 4) is 0 Å². The van der Waals surface area contributed by atoms with Gasteiger partial charge in [-0.3, -0.25) is 0 Å². The van der Waals surface area contributed by atoms with E-state index >= 15 is 0 Å². The monoisotopic (exact) mass is 313 g/mol. The fourth-order valence-electron chi connectivity index (χ4n) is 2.13. The van der Waals surface area contributed by atoms with E-state index in [0.29, 0.717) is 5.92 Å². The lowest BCUT2D eigenvalue weighted by atomic mass is 10.1. The molecule has 1 fully saturated rings. The van der Waals surface area contributed by atoms with E-state index in [9.17, 15) is 0 Å². The fourth-order valence-corrected chi connectivity index (χ4v) is 2.56. The molecule has 100 valence electrons. The normalized spacial score (nSPS) is 21.5. The van der Waals surface area contributed by atoms with E-state index in [1.54, 1.807) is 0 Å². The Kier molecular flexibility index (Phi) is 4.70. The van der Waals surface area contributed by atoms with Crippen LogP contribution < -0.4 is 0 Å². The van der Waals surface area contributed by atoms with Crippen molar-refractivity contribution < 1.29 is 4.74 Å². The van der Waals surface area contributed by atoms with Gasteiger partial charge in [-0.25, -0.2) is 9.97 Å². The van der Waals surface area contributed by atoms with E-state index < -0.39 is 0 Å². The number of hydrogen-bond donors (Lipinski definition) is 0. The molecule has 1 atom stereocenters. The zero-order valence-electron chi connectivity index (χ0n) is 11.2. The van der Waals surface area contributed by atoms with Crippen molar-refractivity contribution in [1.29, 1.82) is 0 Å². The molecule has 0 aliphatic carbocycles. The topological polar surface area (TPSA) is 38.2 Å². The second-order valence-corrected chi connectivity index (χ2v) is 5.61. The van der Waals surface area contributed by atoms with Crippen LogP contribution in [0.25, 0.3) is 0 Å². The highest BCUT2D eigenvalue weighted by molar-refractivity contribution is 9.08. The van der Waals surface area contributed by atoms with Gasteiger partial charge in [0.25, 0.3) is 0 Å². The van der Waals surface area contributed by atoms with Crippen LogP contribution in [-0.4, -0.2) is 41.6 Å². The lowest BCUT2D eigenvalue weighted by Gasteiger charge is -2.29. The Labute approximate surface area is 117 Å². The first kappa shape index (κ1) is 13.9. The Bertz CT molecular complexity index is 411. The van der Waals surface area contributed by atoms with Crippen LogP contribution in [0, 0.1) is 0 Å². The second-order valence-electron chi connectivity index (χ2n) is 5.05. The van der Waals surface area contributed by atoms with Crippen LogP contribution in [-0.2, 0) is 10.1 Å². The molecule has 1 aromatic rings. The first-order valence-electron chi connectivity index (χ1n) is 6.33. The van der Waals surface area contributed by atoms with E-state index in [1.807, 2.05) is 6.20 Å². The molecule has 0 aromatic carbocycles. The molecule has 5 heteroatoms. The SMILES string of the molecule is CC(C)c1nc(C2CN(C)CCO2)ncc1CBr. The maximum absolute atomic E-state index is 5.76. The zero-order chi connectivity index (χ0) is 13.1. The minimum atomic E-state index is 0.00521. The predicted octanol–water partition coefficient (Wildman–Crippen LogP) is 2.50. The summed E-state index contributed by atoms with van der Waals surface area (Å²) in [6.07, 6.45) is 1.93. The number of aromatic nitrogens is 2. The number of hydrogen-bond acceptors (Lipinski definition) is 4. The van der Waals surface area contributed by atoms with Crippen molar-refractivity contribution in [1.82, 2.24) is 14.9 Å². The van der Waals surface area contributed by atoms with Crippen molar-refractivity contribution in [2.75, 3.05) is 26.7 Å². The molecule has 1 aliphatic heterocycles. The highest BCUT2D eigenvalue weighted by Gasteiger charge is 2.23. The number of morpholine rings is 1. The van der Waals surface area contributed by atoms with E-state index in [2.05, 4.69) is 46.7 Å². The molecule has 1 unspecified atom stereocenters. The van der Waals surface area contributed by atoms with Crippen molar-refractivity contribution in [3.05, 3.63) is 23.3 Å². The molecule has 1 aliphatic rings. The maximum atomic E-state index is 5.76. The Balaban J connectivity index is 2.25. The summed E-state index contributed by atoms with van der Waals surface area (Å²) in [7, 11) is 2.10. The highest BCUT2D eigenvalue weighted by Crippen LogP contribution is 2.23. The van der Waals surface area contributed by atoms with Gasteiger partial charge >= 0.3 is 0 Å². The Morgan fingerprint density at radius 1 is 1.56 bits per heavy atom. The maximum Gasteiger partial charge on any atom is 0.158 e. The molecule has 2 rings (SSSR count). The number of halogens is 1. The Hall–Kier alpha value is -0.520. The molecule has 2 heterocycles. The molecule has 0 amide bonds. The van der Waals surface area contributed by atoms with Crippen LogP contribution in [0.5, 0.6) is 0 Å². The Morgan fingerprint density at radius 3 is 2.94 bits per heavy atom. The van der Waals surface area contributed by atoms with Crippen LogP contribution >= 0.6 is 15.9 Å². The van der Waals surface area contributed by atoms with Gasteiger partial charge < -0.3 is 9.64 Å². The first-order valence-corrected chi connectivity index (χ1v) is 7.45. The van der Waals surface area contributed by atoms with Gasteiger partial charge in [-0.15, -0.1) is 0 Å². The number of rotatable bonds is 3. The summed E-state index contributed by atoms with van der Waals surface area (Å²) in [5.41, 5.74) is 2.28. The van der Waals surface area contributed by atoms with Gasteiger partial charge in [0, 0.05) is 30.2 Å². The molecule has 0 bridgehead atoms. The minimum Gasteiger partial charge on any atom is -0.368 e.